The highest BCUT2D eigenvalue weighted by Gasteiger charge is 2.44. The molecule has 10 heteroatoms. The van der Waals surface area contributed by atoms with E-state index in [2.05, 4.69) is 15.5 Å². The maximum absolute atomic E-state index is 14.8. The van der Waals surface area contributed by atoms with E-state index in [9.17, 15) is 14.0 Å². The Morgan fingerprint density at radius 2 is 1.86 bits per heavy atom. The summed E-state index contributed by atoms with van der Waals surface area (Å²) in [5, 5.41) is 11.0. The van der Waals surface area contributed by atoms with Crippen LogP contribution in [0.15, 0.2) is 60.1 Å². The van der Waals surface area contributed by atoms with E-state index in [1.807, 2.05) is 44.2 Å². The van der Waals surface area contributed by atoms with Crippen molar-refractivity contribution < 1.29 is 18.7 Å². The van der Waals surface area contributed by atoms with E-state index in [0.29, 0.717) is 28.0 Å². The molecule has 2 aromatic heterocycles. The number of aromatic nitrogens is 3. The van der Waals surface area contributed by atoms with Crippen LogP contribution in [-0.4, -0.2) is 46.0 Å². The molecule has 0 fully saturated rings. The van der Waals surface area contributed by atoms with Crippen molar-refractivity contribution in [1.29, 1.82) is 0 Å². The minimum Gasteiger partial charge on any atom is -0.438 e. The van der Waals surface area contributed by atoms with Crippen molar-refractivity contribution in [3.05, 3.63) is 82.6 Å². The fourth-order valence-corrected chi connectivity index (χ4v) is 4.92. The van der Waals surface area contributed by atoms with Gasteiger partial charge in [-0.15, -0.1) is 10.2 Å². The number of hydrogen-bond acceptors (Lipinski definition) is 7. The van der Waals surface area contributed by atoms with Gasteiger partial charge < -0.3 is 15.0 Å². The first-order valence-electron chi connectivity index (χ1n) is 11.5. The summed E-state index contributed by atoms with van der Waals surface area (Å²) in [6.45, 7) is 3.73. The lowest BCUT2D eigenvalue weighted by Gasteiger charge is -2.37. The number of hydrogen-bond donors (Lipinski definition) is 1. The number of amides is 2. The van der Waals surface area contributed by atoms with Gasteiger partial charge in [-0.2, -0.15) is 0 Å². The fraction of sp³-hybridized carbons (Fsp3) is 0.222. The van der Waals surface area contributed by atoms with Gasteiger partial charge in [0.1, 0.15) is 17.1 Å². The number of rotatable bonds is 5. The quantitative estimate of drug-likeness (QED) is 0.384. The third-order valence-electron chi connectivity index (χ3n) is 6.43. The van der Waals surface area contributed by atoms with Gasteiger partial charge in [0.2, 0.25) is 16.9 Å². The molecule has 0 aliphatic carbocycles. The molecule has 188 valence electrons. The molecule has 1 N–H and O–H groups in total. The Morgan fingerprint density at radius 1 is 1.08 bits per heavy atom. The third-order valence-corrected chi connectivity index (χ3v) is 7.03. The SMILES string of the molecule is CN(C)C(=O)c1ccc(-c2ccc3c(n2)Oc2ccccc2C3C(C)(C)C(=O)Nc2nncs2)cc1F. The second kappa shape index (κ2) is 9.36. The van der Waals surface area contributed by atoms with Crippen LogP contribution >= 0.6 is 11.3 Å². The number of benzene rings is 2. The molecule has 2 aromatic carbocycles. The van der Waals surface area contributed by atoms with Crippen molar-refractivity contribution in [3.8, 4) is 22.9 Å². The van der Waals surface area contributed by atoms with Crippen LogP contribution in [0.25, 0.3) is 11.3 Å². The van der Waals surface area contributed by atoms with Crippen LogP contribution in [0, 0.1) is 11.2 Å². The number of nitrogens with one attached hydrogen (secondary N) is 1. The zero-order chi connectivity index (χ0) is 26.3. The van der Waals surface area contributed by atoms with Crippen molar-refractivity contribution in [1.82, 2.24) is 20.1 Å². The highest BCUT2D eigenvalue weighted by atomic mass is 32.1. The van der Waals surface area contributed by atoms with Crippen LogP contribution < -0.4 is 10.1 Å². The fourth-order valence-electron chi connectivity index (χ4n) is 4.48. The summed E-state index contributed by atoms with van der Waals surface area (Å²) in [5.74, 6) is -0.706. The summed E-state index contributed by atoms with van der Waals surface area (Å²) < 4.78 is 20.9. The Hall–Kier alpha value is -4.18. The molecular weight excluding hydrogens is 493 g/mol. The van der Waals surface area contributed by atoms with Crippen LogP contribution in [-0.2, 0) is 4.79 Å². The van der Waals surface area contributed by atoms with Gasteiger partial charge in [0.15, 0.2) is 0 Å². The first-order valence-corrected chi connectivity index (χ1v) is 12.4. The van der Waals surface area contributed by atoms with Crippen molar-refractivity contribution in [2.45, 2.75) is 19.8 Å². The maximum Gasteiger partial charge on any atom is 0.256 e. The minimum absolute atomic E-state index is 0.0138. The molecule has 4 aromatic rings. The summed E-state index contributed by atoms with van der Waals surface area (Å²) >= 11 is 1.24. The Balaban J connectivity index is 1.55. The standard InChI is InChI=1S/C27H24FN5O3S/c1-27(2,25(35)31-26-32-29-14-37-26)22-17-7-5-6-8-21(17)36-23-18(22)11-12-20(30-23)15-9-10-16(19(28)13-15)24(34)33(3)4/h5-14,22H,1-4H3,(H,31,32,35). The molecule has 0 radical (unpaired) electrons. The maximum atomic E-state index is 14.8. The number of ether oxygens (including phenoxy) is 1. The molecule has 37 heavy (non-hydrogen) atoms. The topological polar surface area (TPSA) is 97.3 Å². The zero-order valence-electron chi connectivity index (χ0n) is 20.7. The van der Waals surface area contributed by atoms with Crippen molar-refractivity contribution in [3.63, 3.8) is 0 Å². The predicted octanol–water partition coefficient (Wildman–Crippen LogP) is 5.34. The number of carbonyl (C=O) groups excluding carboxylic acids is 2. The number of anilines is 1. The average Bonchev–Trinajstić information content (AvgIpc) is 3.39. The van der Waals surface area contributed by atoms with E-state index < -0.39 is 17.1 Å². The number of halogens is 1. The van der Waals surface area contributed by atoms with Crippen molar-refractivity contribution in [2.24, 2.45) is 5.41 Å². The van der Waals surface area contributed by atoms with Crippen LogP contribution in [0.4, 0.5) is 9.52 Å². The lowest BCUT2D eigenvalue weighted by molar-refractivity contribution is -0.124. The summed E-state index contributed by atoms with van der Waals surface area (Å²) in [7, 11) is 3.14. The Labute approximate surface area is 217 Å². The monoisotopic (exact) mass is 517 g/mol. The number of nitrogens with zero attached hydrogens (tertiary/aromatic N) is 4. The Bertz CT molecular complexity index is 1500. The molecule has 0 bridgehead atoms. The molecule has 0 saturated heterocycles. The first kappa shape index (κ1) is 24.5. The molecule has 0 spiro atoms. The van der Waals surface area contributed by atoms with E-state index in [1.165, 1.54) is 28.4 Å². The summed E-state index contributed by atoms with van der Waals surface area (Å²) in [4.78, 5) is 31.6. The van der Waals surface area contributed by atoms with Crippen LogP contribution in [0.2, 0.25) is 0 Å². The Kier molecular flexibility index (Phi) is 6.20. The normalized spacial score (nSPS) is 14.2. The molecule has 0 saturated carbocycles. The van der Waals surface area contributed by atoms with Gasteiger partial charge in [-0.25, -0.2) is 9.37 Å². The van der Waals surface area contributed by atoms with Gasteiger partial charge in [-0.1, -0.05) is 55.5 Å². The predicted molar refractivity (Wildman–Crippen MR) is 138 cm³/mol. The average molecular weight is 518 g/mol. The second-order valence-electron chi connectivity index (χ2n) is 9.48. The van der Waals surface area contributed by atoms with Gasteiger partial charge in [-0.3, -0.25) is 9.59 Å². The second-order valence-corrected chi connectivity index (χ2v) is 10.3. The number of pyridine rings is 1. The number of carbonyl (C=O) groups is 2. The van der Waals surface area contributed by atoms with Gasteiger partial charge in [0.05, 0.1) is 16.7 Å². The van der Waals surface area contributed by atoms with Crippen LogP contribution in [0.5, 0.6) is 11.6 Å². The minimum atomic E-state index is -0.913. The van der Waals surface area contributed by atoms with E-state index in [0.717, 1.165) is 11.1 Å². The highest BCUT2D eigenvalue weighted by Crippen LogP contribution is 2.52. The molecule has 5 rings (SSSR count). The van der Waals surface area contributed by atoms with Crippen LogP contribution in [0.1, 0.15) is 41.3 Å². The zero-order valence-corrected chi connectivity index (χ0v) is 21.5. The first-order chi connectivity index (χ1) is 17.7. The van der Waals surface area contributed by atoms with Gasteiger partial charge in [-0.05, 0) is 24.3 Å². The summed E-state index contributed by atoms with van der Waals surface area (Å²) in [6.07, 6.45) is 0. The molecule has 8 nitrogen and oxygen atoms in total. The lowest BCUT2D eigenvalue weighted by atomic mass is 9.69. The van der Waals surface area contributed by atoms with E-state index >= 15 is 0 Å². The molecule has 1 aliphatic rings. The van der Waals surface area contributed by atoms with Gasteiger partial charge in [0, 0.05) is 36.7 Å². The van der Waals surface area contributed by atoms with Crippen molar-refractivity contribution in [2.75, 3.05) is 19.4 Å². The molecule has 1 unspecified atom stereocenters. The van der Waals surface area contributed by atoms with E-state index in [-0.39, 0.29) is 17.4 Å². The lowest BCUT2D eigenvalue weighted by Crippen LogP contribution is -2.38. The molecule has 1 aliphatic heterocycles. The number of fused-ring (bicyclic) bond motifs is 2. The Morgan fingerprint density at radius 3 is 2.57 bits per heavy atom. The molecule has 3 heterocycles. The molecule has 1 atom stereocenters. The summed E-state index contributed by atoms with van der Waals surface area (Å²) in [5.41, 5.74) is 3.21. The smallest absolute Gasteiger partial charge is 0.256 e. The van der Waals surface area contributed by atoms with Crippen molar-refractivity contribution >= 4 is 28.3 Å². The largest absolute Gasteiger partial charge is 0.438 e. The molecular formula is C27H24FN5O3S. The van der Waals surface area contributed by atoms with E-state index in [4.69, 9.17) is 9.72 Å². The van der Waals surface area contributed by atoms with Crippen LogP contribution in [0.3, 0.4) is 0 Å². The van der Waals surface area contributed by atoms with Gasteiger partial charge >= 0.3 is 0 Å². The number of para-hydroxylation sites is 1. The third kappa shape index (κ3) is 4.44. The van der Waals surface area contributed by atoms with E-state index in [1.54, 1.807) is 31.7 Å². The molecule has 2 amide bonds. The summed E-state index contributed by atoms with van der Waals surface area (Å²) in [6, 6.07) is 15.6. The highest BCUT2D eigenvalue weighted by molar-refractivity contribution is 7.13. The van der Waals surface area contributed by atoms with Gasteiger partial charge in [0.25, 0.3) is 5.91 Å².